The van der Waals surface area contributed by atoms with Crippen molar-refractivity contribution in [3.8, 4) is 0 Å². The highest BCUT2D eigenvalue weighted by Gasteiger charge is 2.10. The van der Waals surface area contributed by atoms with Crippen molar-refractivity contribution in [2.75, 3.05) is 31.5 Å². The third-order valence-electron chi connectivity index (χ3n) is 3.77. The average molecular weight is 246 g/mol. The SMILES string of the molecule is CC(C)c1ccccc1NCCN1CCCCC1. The minimum absolute atomic E-state index is 0.587. The van der Waals surface area contributed by atoms with Crippen molar-refractivity contribution in [2.24, 2.45) is 0 Å². The van der Waals surface area contributed by atoms with Gasteiger partial charge in [0.15, 0.2) is 0 Å². The maximum absolute atomic E-state index is 3.60. The van der Waals surface area contributed by atoms with Gasteiger partial charge in [0, 0.05) is 18.8 Å². The van der Waals surface area contributed by atoms with Crippen LogP contribution in [0.5, 0.6) is 0 Å². The zero-order valence-corrected chi connectivity index (χ0v) is 11.8. The second-order valence-corrected chi connectivity index (χ2v) is 5.57. The molecular formula is C16H26N2. The molecule has 1 N–H and O–H groups in total. The van der Waals surface area contributed by atoms with E-state index in [1.54, 1.807) is 0 Å². The van der Waals surface area contributed by atoms with Gasteiger partial charge in [-0.15, -0.1) is 0 Å². The van der Waals surface area contributed by atoms with E-state index < -0.39 is 0 Å². The highest BCUT2D eigenvalue weighted by Crippen LogP contribution is 2.23. The number of para-hydroxylation sites is 1. The summed E-state index contributed by atoms with van der Waals surface area (Å²) < 4.78 is 0. The number of hydrogen-bond donors (Lipinski definition) is 1. The second-order valence-electron chi connectivity index (χ2n) is 5.57. The van der Waals surface area contributed by atoms with E-state index in [-0.39, 0.29) is 0 Å². The highest BCUT2D eigenvalue weighted by atomic mass is 15.1. The first kappa shape index (κ1) is 13.4. The van der Waals surface area contributed by atoms with Crippen molar-refractivity contribution in [2.45, 2.75) is 39.0 Å². The number of rotatable bonds is 5. The van der Waals surface area contributed by atoms with Gasteiger partial charge >= 0.3 is 0 Å². The zero-order chi connectivity index (χ0) is 12.8. The monoisotopic (exact) mass is 246 g/mol. The van der Waals surface area contributed by atoms with Crippen LogP contribution in [0.25, 0.3) is 0 Å². The van der Waals surface area contributed by atoms with Crippen LogP contribution in [0.15, 0.2) is 24.3 Å². The van der Waals surface area contributed by atoms with Gasteiger partial charge in [0.25, 0.3) is 0 Å². The van der Waals surface area contributed by atoms with Crippen molar-refractivity contribution in [3.63, 3.8) is 0 Å². The molecule has 2 rings (SSSR count). The van der Waals surface area contributed by atoms with Gasteiger partial charge in [-0.3, -0.25) is 0 Å². The third-order valence-corrected chi connectivity index (χ3v) is 3.77. The summed E-state index contributed by atoms with van der Waals surface area (Å²) in [6, 6.07) is 8.68. The summed E-state index contributed by atoms with van der Waals surface area (Å²) in [4.78, 5) is 2.58. The largest absolute Gasteiger partial charge is 0.384 e. The molecular weight excluding hydrogens is 220 g/mol. The molecule has 18 heavy (non-hydrogen) atoms. The van der Waals surface area contributed by atoms with Gasteiger partial charge in [-0.25, -0.2) is 0 Å². The Morgan fingerprint density at radius 3 is 2.56 bits per heavy atom. The Balaban J connectivity index is 1.82. The molecule has 1 aliphatic heterocycles. The lowest BCUT2D eigenvalue weighted by molar-refractivity contribution is 0.237. The molecule has 0 atom stereocenters. The van der Waals surface area contributed by atoms with Crippen LogP contribution in [0.4, 0.5) is 5.69 Å². The molecule has 1 aliphatic rings. The van der Waals surface area contributed by atoms with Crippen molar-refractivity contribution < 1.29 is 0 Å². The Morgan fingerprint density at radius 1 is 1.11 bits per heavy atom. The van der Waals surface area contributed by atoms with Crippen LogP contribution < -0.4 is 5.32 Å². The normalized spacial score (nSPS) is 17.1. The maximum Gasteiger partial charge on any atom is 0.0375 e. The summed E-state index contributed by atoms with van der Waals surface area (Å²) in [6.45, 7) is 9.31. The van der Waals surface area contributed by atoms with Crippen LogP contribution >= 0.6 is 0 Å². The molecule has 1 fully saturated rings. The minimum Gasteiger partial charge on any atom is -0.384 e. The Hall–Kier alpha value is -1.02. The molecule has 0 bridgehead atoms. The fraction of sp³-hybridized carbons (Fsp3) is 0.625. The van der Waals surface area contributed by atoms with Crippen LogP contribution in [-0.4, -0.2) is 31.1 Å². The quantitative estimate of drug-likeness (QED) is 0.852. The molecule has 2 heteroatoms. The van der Waals surface area contributed by atoms with Gasteiger partial charge in [-0.2, -0.15) is 0 Å². The molecule has 100 valence electrons. The van der Waals surface area contributed by atoms with E-state index in [9.17, 15) is 0 Å². The van der Waals surface area contributed by atoms with Crippen molar-refractivity contribution in [1.29, 1.82) is 0 Å². The predicted molar refractivity (Wildman–Crippen MR) is 79.3 cm³/mol. The lowest BCUT2D eigenvalue weighted by Crippen LogP contribution is -2.33. The average Bonchev–Trinajstić information content (AvgIpc) is 2.40. The fourth-order valence-electron chi connectivity index (χ4n) is 2.69. The van der Waals surface area contributed by atoms with Crippen LogP contribution in [0.1, 0.15) is 44.6 Å². The summed E-state index contributed by atoms with van der Waals surface area (Å²) in [6.07, 6.45) is 4.17. The van der Waals surface area contributed by atoms with Crippen LogP contribution in [-0.2, 0) is 0 Å². The smallest absolute Gasteiger partial charge is 0.0375 e. The molecule has 0 amide bonds. The summed E-state index contributed by atoms with van der Waals surface area (Å²) in [7, 11) is 0. The fourth-order valence-corrected chi connectivity index (χ4v) is 2.69. The predicted octanol–water partition coefficient (Wildman–Crippen LogP) is 3.71. The first-order valence-electron chi connectivity index (χ1n) is 7.32. The zero-order valence-electron chi connectivity index (χ0n) is 11.8. The van der Waals surface area contributed by atoms with Crippen LogP contribution in [0.3, 0.4) is 0 Å². The lowest BCUT2D eigenvalue weighted by Gasteiger charge is -2.26. The first-order chi connectivity index (χ1) is 8.77. The molecule has 1 aromatic carbocycles. The van der Waals surface area contributed by atoms with Crippen molar-refractivity contribution >= 4 is 5.69 Å². The molecule has 0 aliphatic carbocycles. The molecule has 0 saturated carbocycles. The molecule has 0 aromatic heterocycles. The molecule has 2 nitrogen and oxygen atoms in total. The number of nitrogens with zero attached hydrogens (tertiary/aromatic N) is 1. The Labute approximate surface area is 111 Å². The first-order valence-corrected chi connectivity index (χ1v) is 7.32. The van der Waals surface area contributed by atoms with Gasteiger partial charge in [0.2, 0.25) is 0 Å². The molecule has 1 aromatic rings. The summed E-state index contributed by atoms with van der Waals surface area (Å²) in [5, 5.41) is 3.60. The van der Waals surface area contributed by atoms with Gasteiger partial charge in [0.05, 0.1) is 0 Å². The summed E-state index contributed by atoms with van der Waals surface area (Å²) >= 11 is 0. The molecule has 0 unspecified atom stereocenters. The van der Waals surface area contributed by atoms with E-state index in [4.69, 9.17) is 0 Å². The maximum atomic E-state index is 3.60. The van der Waals surface area contributed by atoms with E-state index in [0.717, 1.165) is 6.54 Å². The van der Waals surface area contributed by atoms with E-state index in [2.05, 4.69) is 48.3 Å². The van der Waals surface area contributed by atoms with Gasteiger partial charge in [0.1, 0.15) is 0 Å². The van der Waals surface area contributed by atoms with E-state index >= 15 is 0 Å². The number of hydrogen-bond acceptors (Lipinski definition) is 2. The number of piperidine rings is 1. The standard InChI is InChI=1S/C16H26N2/c1-14(2)15-8-4-5-9-16(15)17-10-13-18-11-6-3-7-12-18/h4-5,8-9,14,17H,3,6-7,10-13H2,1-2H3. The summed E-state index contributed by atoms with van der Waals surface area (Å²) in [5.74, 6) is 0.587. The Morgan fingerprint density at radius 2 is 1.83 bits per heavy atom. The van der Waals surface area contributed by atoms with Crippen molar-refractivity contribution in [3.05, 3.63) is 29.8 Å². The highest BCUT2D eigenvalue weighted by molar-refractivity contribution is 5.52. The lowest BCUT2D eigenvalue weighted by atomic mass is 10.0. The minimum atomic E-state index is 0.587. The third kappa shape index (κ3) is 3.74. The molecule has 0 radical (unpaired) electrons. The van der Waals surface area contributed by atoms with Gasteiger partial charge in [-0.05, 0) is 43.5 Å². The Bertz CT molecular complexity index is 354. The van der Waals surface area contributed by atoms with E-state index in [0.29, 0.717) is 5.92 Å². The van der Waals surface area contributed by atoms with Gasteiger partial charge < -0.3 is 10.2 Å². The van der Waals surface area contributed by atoms with Crippen LogP contribution in [0.2, 0.25) is 0 Å². The topological polar surface area (TPSA) is 15.3 Å². The number of likely N-dealkylation sites (tertiary alicyclic amines) is 1. The number of benzene rings is 1. The van der Waals surface area contributed by atoms with E-state index in [1.165, 1.54) is 50.1 Å². The molecule has 0 spiro atoms. The van der Waals surface area contributed by atoms with Crippen molar-refractivity contribution in [1.82, 2.24) is 4.90 Å². The summed E-state index contributed by atoms with van der Waals surface area (Å²) in [5.41, 5.74) is 2.74. The van der Waals surface area contributed by atoms with Gasteiger partial charge in [-0.1, -0.05) is 38.5 Å². The number of anilines is 1. The second kappa shape index (κ2) is 6.79. The number of nitrogens with one attached hydrogen (secondary N) is 1. The van der Waals surface area contributed by atoms with E-state index in [1.807, 2.05) is 0 Å². The van der Waals surface area contributed by atoms with Crippen LogP contribution in [0, 0.1) is 0 Å². The Kier molecular flexibility index (Phi) is 5.06. The molecule has 1 heterocycles. The molecule has 1 saturated heterocycles.